The molecule has 2 aliphatic heterocycles. The van der Waals surface area contributed by atoms with Gasteiger partial charge < -0.3 is 9.32 Å². The highest BCUT2D eigenvalue weighted by molar-refractivity contribution is 6.07. The molecule has 3 aliphatic carbocycles. The molecule has 27 heavy (non-hydrogen) atoms. The van der Waals surface area contributed by atoms with Gasteiger partial charge in [0.25, 0.3) is 11.8 Å². The van der Waals surface area contributed by atoms with E-state index in [9.17, 15) is 9.59 Å². The number of carbonyl (C=O) groups is 2. The molecule has 2 saturated heterocycles. The maximum atomic E-state index is 12.9. The molecule has 5 aliphatic rings. The van der Waals surface area contributed by atoms with Crippen molar-refractivity contribution in [3.05, 3.63) is 30.0 Å². The smallest absolute Gasteiger partial charge is 0.254 e. The van der Waals surface area contributed by atoms with Crippen LogP contribution in [0.15, 0.2) is 33.8 Å². The third-order valence-electron chi connectivity index (χ3n) is 7.41. The average molecular weight is 365 g/mol. The van der Waals surface area contributed by atoms with Gasteiger partial charge in [-0.2, -0.15) is 10.1 Å². The molecule has 6 heteroatoms. The fourth-order valence-electron chi connectivity index (χ4n) is 5.99. The minimum absolute atomic E-state index is 0.132. The normalized spacial score (nSPS) is 35.9. The topological polar surface area (TPSA) is 66.1 Å². The van der Waals surface area contributed by atoms with Gasteiger partial charge in [-0.05, 0) is 55.4 Å². The largest absolute Gasteiger partial charge is 0.440 e. The van der Waals surface area contributed by atoms with Crippen LogP contribution >= 0.6 is 0 Å². The van der Waals surface area contributed by atoms with E-state index in [4.69, 9.17) is 4.42 Å². The molecule has 2 saturated carbocycles. The van der Waals surface area contributed by atoms with Gasteiger partial charge in [0.15, 0.2) is 5.88 Å². The van der Waals surface area contributed by atoms with Crippen LogP contribution < -0.4 is 4.90 Å². The first-order valence-corrected chi connectivity index (χ1v) is 10.1. The standard InChI is InChI=1S/C21H23N3O3/c25-19-17-14-5-6-15(21(14)8-9-21)18(17)20(26)24(19)22-12-13-4-7-16(27-13)23-10-2-1-3-11-23/h4-7,12,14-15,17-18H,1-3,8-11H2/b22-12-/t14-,15+,17-,18-/m0/s1. The number of rotatable bonds is 3. The number of imide groups is 1. The van der Waals surface area contributed by atoms with Crippen LogP contribution in [-0.2, 0) is 9.59 Å². The number of hydrogen-bond acceptors (Lipinski definition) is 5. The van der Waals surface area contributed by atoms with E-state index in [2.05, 4.69) is 22.2 Å². The lowest BCUT2D eigenvalue weighted by Crippen LogP contribution is -2.30. The molecule has 6 rings (SSSR count). The number of hydrazone groups is 1. The Morgan fingerprint density at radius 3 is 2.30 bits per heavy atom. The maximum Gasteiger partial charge on any atom is 0.254 e. The van der Waals surface area contributed by atoms with E-state index in [1.807, 2.05) is 12.1 Å². The lowest BCUT2D eigenvalue weighted by Gasteiger charge is -2.25. The number of carbonyl (C=O) groups excluding carboxylic acids is 2. The molecule has 3 heterocycles. The fourth-order valence-corrected chi connectivity index (χ4v) is 5.99. The van der Waals surface area contributed by atoms with Crippen LogP contribution in [0.5, 0.6) is 0 Å². The number of anilines is 1. The zero-order chi connectivity index (χ0) is 18.2. The molecule has 4 atom stereocenters. The van der Waals surface area contributed by atoms with Crippen molar-refractivity contribution in [2.75, 3.05) is 18.0 Å². The van der Waals surface area contributed by atoms with Gasteiger partial charge in [0.2, 0.25) is 0 Å². The maximum absolute atomic E-state index is 12.9. The quantitative estimate of drug-likeness (QED) is 0.469. The van der Waals surface area contributed by atoms with E-state index in [0.717, 1.165) is 36.8 Å². The molecule has 4 fully saturated rings. The lowest BCUT2D eigenvalue weighted by molar-refractivity contribution is -0.141. The number of allylic oxidation sites excluding steroid dienone is 2. The predicted molar refractivity (Wildman–Crippen MR) is 99.0 cm³/mol. The molecule has 2 bridgehead atoms. The van der Waals surface area contributed by atoms with Crippen molar-refractivity contribution in [2.45, 2.75) is 32.1 Å². The Morgan fingerprint density at radius 1 is 1.00 bits per heavy atom. The van der Waals surface area contributed by atoms with E-state index in [1.54, 1.807) is 0 Å². The third kappa shape index (κ3) is 2.04. The Balaban J connectivity index is 1.21. The first kappa shape index (κ1) is 15.7. The van der Waals surface area contributed by atoms with Crippen LogP contribution in [0.4, 0.5) is 5.88 Å². The molecule has 1 aromatic heterocycles. The van der Waals surface area contributed by atoms with Gasteiger partial charge in [0.1, 0.15) is 5.76 Å². The molecular weight excluding hydrogens is 342 g/mol. The van der Waals surface area contributed by atoms with Crippen LogP contribution in [0.2, 0.25) is 0 Å². The minimum atomic E-state index is -0.201. The van der Waals surface area contributed by atoms with Gasteiger partial charge in [0, 0.05) is 19.2 Å². The summed E-state index contributed by atoms with van der Waals surface area (Å²) in [4.78, 5) is 28.0. The number of hydrogen-bond donors (Lipinski definition) is 0. The Bertz CT molecular complexity index is 841. The van der Waals surface area contributed by atoms with Crippen molar-refractivity contribution in [2.24, 2.45) is 34.2 Å². The summed E-state index contributed by atoms with van der Waals surface area (Å²) < 4.78 is 5.86. The second-order valence-corrected chi connectivity index (χ2v) is 8.68. The van der Waals surface area contributed by atoms with Crippen molar-refractivity contribution >= 4 is 23.9 Å². The van der Waals surface area contributed by atoms with Crippen LogP contribution in [-0.4, -0.2) is 36.1 Å². The Labute approximate surface area is 157 Å². The highest BCUT2D eigenvalue weighted by Crippen LogP contribution is 2.73. The lowest BCUT2D eigenvalue weighted by atomic mass is 9.85. The summed E-state index contributed by atoms with van der Waals surface area (Å²) in [6, 6.07) is 3.79. The van der Waals surface area contributed by atoms with Gasteiger partial charge in [-0.25, -0.2) is 0 Å². The molecule has 0 N–H and O–H groups in total. The molecule has 6 nitrogen and oxygen atoms in total. The van der Waals surface area contributed by atoms with Gasteiger partial charge in [0.05, 0.1) is 18.1 Å². The number of piperidine rings is 1. The number of furan rings is 1. The van der Waals surface area contributed by atoms with Gasteiger partial charge in [-0.1, -0.05) is 12.2 Å². The van der Waals surface area contributed by atoms with E-state index in [-0.39, 0.29) is 40.9 Å². The summed E-state index contributed by atoms with van der Waals surface area (Å²) in [5.41, 5.74) is 0.223. The second kappa shape index (κ2) is 5.33. The Hall–Kier alpha value is -2.37. The van der Waals surface area contributed by atoms with Crippen LogP contribution in [0.3, 0.4) is 0 Å². The SMILES string of the molecule is O=C1[C@@H]2[C@@H](C(=O)N1/N=C\c1ccc(N3CCCCC3)o1)[C@@H]1C=C[C@H]2C12CC2. The first-order valence-electron chi connectivity index (χ1n) is 10.1. The van der Waals surface area contributed by atoms with Crippen LogP contribution in [0, 0.1) is 29.1 Å². The summed E-state index contributed by atoms with van der Waals surface area (Å²) in [5.74, 6) is 1.22. The molecule has 0 unspecified atom stereocenters. The van der Waals surface area contributed by atoms with E-state index < -0.39 is 0 Å². The minimum Gasteiger partial charge on any atom is -0.440 e. The Morgan fingerprint density at radius 2 is 1.67 bits per heavy atom. The van der Waals surface area contributed by atoms with E-state index in [1.165, 1.54) is 25.5 Å². The first-order chi connectivity index (χ1) is 13.2. The zero-order valence-electron chi connectivity index (χ0n) is 15.2. The van der Waals surface area contributed by atoms with Crippen molar-refractivity contribution in [3.63, 3.8) is 0 Å². The van der Waals surface area contributed by atoms with Crippen molar-refractivity contribution in [1.29, 1.82) is 0 Å². The molecule has 0 radical (unpaired) electrons. The summed E-state index contributed by atoms with van der Waals surface area (Å²) in [5, 5.41) is 5.33. The molecule has 1 aromatic rings. The van der Waals surface area contributed by atoms with E-state index >= 15 is 0 Å². The van der Waals surface area contributed by atoms with Gasteiger partial charge >= 0.3 is 0 Å². The van der Waals surface area contributed by atoms with Crippen LogP contribution in [0.25, 0.3) is 0 Å². The number of fused-ring (bicyclic) bond motifs is 3. The third-order valence-corrected chi connectivity index (χ3v) is 7.41. The summed E-state index contributed by atoms with van der Waals surface area (Å²) >= 11 is 0. The molecular formula is C21H23N3O3. The monoisotopic (exact) mass is 365 g/mol. The predicted octanol–water partition coefficient (Wildman–Crippen LogP) is 2.80. The second-order valence-electron chi connectivity index (χ2n) is 8.68. The van der Waals surface area contributed by atoms with E-state index in [0.29, 0.717) is 5.76 Å². The highest BCUT2D eigenvalue weighted by atomic mass is 16.4. The van der Waals surface area contributed by atoms with Crippen LogP contribution in [0.1, 0.15) is 37.9 Å². The summed E-state index contributed by atoms with van der Waals surface area (Å²) in [6.45, 7) is 2.02. The van der Waals surface area contributed by atoms with Gasteiger partial charge in [-0.3, -0.25) is 9.59 Å². The summed E-state index contributed by atoms with van der Waals surface area (Å²) in [6.07, 6.45) is 11.8. The fraction of sp³-hybridized carbons (Fsp3) is 0.571. The highest BCUT2D eigenvalue weighted by Gasteiger charge is 2.73. The average Bonchev–Trinajstić information content (AvgIpc) is 2.98. The van der Waals surface area contributed by atoms with Crippen molar-refractivity contribution in [3.8, 4) is 0 Å². The molecule has 1 spiro atoms. The number of nitrogens with zero attached hydrogens (tertiary/aromatic N) is 3. The number of amides is 2. The van der Waals surface area contributed by atoms with Crippen molar-refractivity contribution in [1.82, 2.24) is 5.01 Å². The molecule has 2 amide bonds. The van der Waals surface area contributed by atoms with Crippen molar-refractivity contribution < 1.29 is 14.0 Å². The molecule has 140 valence electrons. The zero-order valence-corrected chi connectivity index (χ0v) is 15.2. The van der Waals surface area contributed by atoms with Gasteiger partial charge in [-0.15, -0.1) is 0 Å². The molecule has 0 aromatic carbocycles. The summed E-state index contributed by atoms with van der Waals surface area (Å²) in [7, 11) is 0. The Kier molecular flexibility index (Phi) is 3.09.